The number of aromatic amines is 1. The molecule has 0 spiro atoms. The second kappa shape index (κ2) is 6.98. The molecule has 1 saturated heterocycles. The van der Waals surface area contributed by atoms with Crippen LogP contribution >= 0.6 is 0 Å². The van der Waals surface area contributed by atoms with E-state index >= 15 is 0 Å². The Bertz CT molecular complexity index is 916. The molecule has 9 nitrogen and oxygen atoms in total. The Labute approximate surface area is 148 Å². The molecule has 136 valence electrons. The van der Waals surface area contributed by atoms with E-state index in [0.717, 1.165) is 0 Å². The van der Waals surface area contributed by atoms with Gasteiger partial charge in [-0.1, -0.05) is 0 Å². The summed E-state index contributed by atoms with van der Waals surface area (Å²) in [5, 5.41) is 38.9. The van der Waals surface area contributed by atoms with Crippen LogP contribution < -0.4 is 10.5 Å². The topological polar surface area (TPSA) is 158 Å². The van der Waals surface area contributed by atoms with E-state index < -0.39 is 49.5 Å². The summed E-state index contributed by atoms with van der Waals surface area (Å²) < 4.78 is 41.6. The van der Waals surface area contributed by atoms with Gasteiger partial charge in [-0.05, 0) is 36.6 Å². The normalized spacial score (nSPS) is 33.2. The molecule has 1 fully saturated rings. The van der Waals surface area contributed by atoms with Crippen LogP contribution in [0.2, 0.25) is 0 Å². The maximum atomic E-state index is 11.2. The number of aromatic nitrogens is 1. The number of rotatable bonds is 5. The molecule has 0 bridgehead atoms. The number of carboxylic acids is 1. The van der Waals surface area contributed by atoms with Gasteiger partial charge in [0.05, 0.1) is 0 Å². The molecule has 1 aliphatic rings. The fourth-order valence-corrected chi connectivity index (χ4v) is 2.64. The Morgan fingerprint density at radius 1 is 1.32 bits per heavy atom. The molecule has 0 amide bonds. The van der Waals surface area contributed by atoms with Crippen molar-refractivity contribution in [3.63, 3.8) is 0 Å². The van der Waals surface area contributed by atoms with Crippen LogP contribution in [-0.4, -0.2) is 68.6 Å². The summed E-state index contributed by atoms with van der Waals surface area (Å²) >= 11 is 0. The van der Waals surface area contributed by atoms with Crippen molar-refractivity contribution in [3.8, 4) is 5.75 Å². The third-order valence-corrected chi connectivity index (χ3v) is 3.93. The number of H-pyrrole nitrogens is 1. The summed E-state index contributed by atoms with van der Waals surface area (Å²) in [5.41, 5.74) is 5.70. The van der Waals surface area contributed by atoms with Gasteiger partial charge in [0.15, 0.2) is 6.10 Å². The number of aliphatic hydroxyl groups is 3. The molecule has 1 unspecified atom stereocenters. The molecule has 25 heavy (non-hydrogen) atoms. The fourth-order valence-electron chi connectivity index (χ4n) is 2.64. The Balaban J connectivity index is 1.93. The number of hydrogen-bond donors (Lipinski definition) is 6. The van der Waals surface area contributed by atoms with E-state index in [1.807, 2.05) is 0 Å². The first-order valence-electron chi connectivity index (χ1n) is 9.34. The van der Waals surface area contributed by atoms with Gasteiger partial charge in [0, 0.05) is 22.6 Å². The van der Waals surface area contributed by atoms with Gasteiger partial charge < -0.3 is 40.6 Å². The second-order valence-corrected chi connectivity index (χ2v) is 5.53. The molecule has 2 heterocycles. The molecule has 1 aromatic heterocycles. The van der Waals surface area contributed by atoms with Crippen LogP contribution in [0, 0.1) is 0 Å². The summed E-state index contributed by atoms with van der Waals surface area (Å²) in [6.45, 7) is -2.68. The minimum Gasteiger partial charge on any atom is -0.479 e. The number of fused-ring (bicyclic) bond motifs is 1. The van der Waals surface area contributed by atoms with Crippen LogP contribution in [0.25, 0.3) is 10.9 Å². The molecule has 1 aromatic carbocycles. The van der Waals surface area contributed by atoms with Gasteiger partial charge in [-0.3, -0.25) is 0 Å². The number of carbonyl (C=O) groups is 1. The Morgan fingerprint density at radius 3 is 2.76 bits per heavy atom. The summed E-state index contributed by atoms with van der Waals surface area (Å²) in [6, 6.07) is 4.23. The van der Waals surface area contributed by atoms with E-state index in [9.17, 15) is 20.1 Å². The van der Waals surface area contributed by atoms with Crippen molar-refractivity contribution in [2.45, 2.75) is 37.1 Å². The highest BCUT2D eigenvalue weighted by Gasteiger charge is 2.48. The lowest BCUT2D eigenvalue weighted by Crippen LogP contribution is -2.61. The average molecular weight is 356 g/mol. The molecular weight excluding hydrogens is 332 g/mol. The van der Waals surface area contributed by atoms with Gasteiger partial charge in [0.1, 0.15) is 24.1 Å². The van der Waals surface area contributed by atoms with Crippen LogP contribution in [0.4, 0.5) is 0 Å². The number of hydrogen-bond acceptors (Lipinski definition) is 7. The first-order chi connectivity index (χ1) is 13.3. The minimum atomic E-state index is -2.68. The highest BCUT2D eigenvalue weighted by atomic mass is 16.7. The zero-order valence-corrected chi connectivity index (χ0v) is 12.8. The Kier molecular flexibility index (Phi) is 3.66. The summed E-state index contributed by atoms with van der Waals surface area (Å²) in [5.74, 6) is -1.54. The van der Waals surface area contributed by atoms with Crippen molar-refractivity contribution in [2.75, 3.05) is 6.50 Å². The number of aryl methyl sites for hydroxylation is 1. The van der Waals surface area contributed by atoms with Gasteiger partial charge in [-0.25, -0.2) is 4.79 Å². The number of aliphatic carboxylic acids is 1. The van der Waals surface area contributed by atoms with E-state index in [4.69, 9.17) is 25.8 Å². The number of nitrogens with one attached hydrogen (secondary N) is 1. The third kappa shape index (κ3) is 3.32. The van der Waals surface area contributed by atoms with E-state index in [1.165, 1.54) is 24.4 Å². The van der Waals surface area contributed by atoms with Crippen molar-refractivity contribution < 1.29 is 40.2 Å². The summed E-state index contributed by atoms with van der Waals surface area (Å²) in [7, 11) is 0. The number of ether oxygens (including phenoxy) is 2. The van der Waals surface area contributed by atoms with Crippen molar-refractivity contribution in [1.82, 2.24) is 4.98 Å². The molecule has 3 rings (SSSR count). The number of aliphatic hydroxyl groups excluding tert-OH is 3. The molecule has 9 heteroatoms. The maximum absolute atomic E-state index is 11.2. The standard InChI is InChI=1S/C16H20N2O7/c17-4-3-7-6-18-10-2-1-8(5-9(7)10)24-16-13(21)11(19)12(20)14(25-16)15(22)23/h1-2,5-6,11-14,16,18-21H,3-4,17H2,(H,22,23)/t11-,12-,13+,14-,16?/m0/s1/i3D2,4D2. The molecule has 5 atom stereocenters. The van der Waals surface area contributed by atoms with Gasteiger partial charge in [0.25, 0.3) is 0 Å². The van der Waals surface area contributed by atoms with E-state index in [2.05, 4.69) is 4.98 Å². The van der Waals surface area contributed by atoms with E-state index in [0.29, 0.717) is 5.52 Å². The minimum absolute atomic E-state index is 0.0171. The van der Waals surface area contributed by atoms with Gasteiger partial charge >= 0.3 is 5.97 Å². The van der Waals surface area contributed by atoms with Crippen molar-refractivity contribution >= 4 is 16.9 Å². The fraction of sp³-hybridized carbons (Fsp3) is 0.438. The molecule has 0 radical (unpaired) electrons. The first-order valence-corrected chi connectivity index (χ1v) is 7.34. The maximum Gasteiger partial charge on any atom is 0.335 e. The molecule has 1 aliphatic heterocycles. The number of benzene rings is 1. The van der Waals surface area contributed by atoms with E-state index in [1.54, 1.807) is 0 Å². The Hall–Kier alpha value is -2.17. The zero-order valence-electron chi connectivity index (χ0n) is 16.8. The highest BCUT2D eigenvalue weighted by Crippen LogP contribution is 2.28. The van der Waals surface area contributed by atoms with Crippen LogP contribution in [-0.2, 0) is 15.9 Å². The molecule has 0 saturated carbocycles. The van der Waals surface area contributed by atoms with Crippen molar-refractivity contribution in [2.24, 2.45) is 5.73 Å². The van der Waals surface area contributed by atoms with Crippen molar-refractivity contribution in [3.05, 3.63) is 30.0 Å². The van der Waals surface area contributed by atoms with Crippen LogP contribution in [0.1, 0.15) is 11.0 Å². The smallest absolute Gasteiger partial charge is 0.335 e. The largest absolute Gasteiger partial charge is 0.479 e. The molecule has 0 aliphatic carbocycles. The highest BCUT2D eigenvalue weighted by molar-refractivity contribution is 5.84. The SMILES string of the molecule is [2H]C([2H])(N)C([2H])([2H])c1c[nH]c2ccc(OC3O[C@H](C(=O)O)[C@@H](O)[C@H](O)[C@H]3O)cc12. The quantitative estimate of drug-likeness (QED) is 0.395. The van der Waals surface area contributed by atoms with Gasteiger partial charge in [-0.15, -0.1) is 0 Å². The summed E-state index contributed by atoms with van der Waals surface area (Å²) in [6.07, 6.45) is -10.2. The van der Waals surface area contributed by atoms with E-state index in [-0.39, 0.29) is 16.7 Å². The van der Waals surface area contributed by atoms with Crippen LogP contribution in [0.3, 0.4) is 0 Å². The molecule has 7 N–H and O–H groups in total. The lowest BCUT2D eigenvalue weighted by atomic mass is 9.99. The number of nitrogens with two attached hydrogens (primary N) is 1. The average Bonchev–Trinajstić information content (AvgIpc) is 3.04. The zero-order chi connectivity index (χ0) is 21.7. The molecule has 2 aromatic rings. The van der Waals surface area contributed by atoms with Gasteiger partial charge in [0.2, 0.25) is 6.29 Å². The number of carboxylic acid groups (broad SMARTS) is 1. The predicted octanol–water partition coefficient (Wildman–Crippen LogP) is -1.06. The summed E-state index contributed by atoms with van der Waals surface area (Å²) in [4.78, 5) is 14.0. The first kappa shape index (κ1) is 13.1. The lowest BCUT2D eigenvalue weighted by molar-refractivity contribution is -0.271. The molecular formula is C16H20N2O7. The van der Waals surface area contributed by atoms with Crippen molar-refractivity contribution in [1.29, 1.82) is 0 Å². The van der Waals surface area contributed by atoms with Crippen LogP contribution in [0.5, 0.6) is 5.75 Å². The Morgan fingerprint density at radius 2 is 2.08 bits per heavy atom. The lowest BCUT2D eigenvalue weighted by Gasteiger charge is -2.38. The predicted molar refractivity (Wildman–Crippen MR) is 86.0 cm³/mol. The third-order valence-electron chi connectivity index (χ3n) is 3.93. The monoisotopic (exact) mass is 356 g/mol. The van der Waals surface area contributed by atoms with Gasteiger partial charge in [-0.2, -0.15) is 0 Å². The second-order valence-electron chi connectivity index (χ2n) is 5.53. The van der Waals surface area contributed by atoms with Crippen LogP contribution in [0.15, 0.2) is 24.4 Å².